The Morgan fingerprint density at radius 1 is 1.41 bits per heavy atom. The summed E-state index contributed by atoms with van der Waals surface area (Å²) >= 11 is 1.47. The van der Waals surface area contributed by atoms with Gasteiger partial charge in [-0.25, -0.2) is 4.98 Å². The number of nitrogens with zero attached hydrogens (tertiary/aromatic N) is 3. The maximum absolute atomic E-state index is 5.78. The zero-order chi connectivity index (χ0) is 15.5. The first-order valence-electron chi connectivity index (χ1n) is 7.51. The molecule has 0 saturated heterocycles. The van der Waals surface area contributed by atoms with Crippen LogP contribution in [0.15, 0.2) is 23.6 Å². The third kappa shape index (κ3) is 3.34. The zero-order valence-corrected chi connectivity index (χ0v) is 13.9. The van der Waals surface area contributed by atoms with Gasteiger partial charge in [-0.3, -0.25) is 0 Å². The largest absolute Gasteiger partial charge is 0.490 e. The van der Waals surface area contributed by atoms with Crippen molar-refractivity contribution in [1.82, 2.24) is 9.88 Å². The van der Waals surface area contributed by atoms with Gasteiger partial charge >= 0.3 is 0 Å². The predicted molar refractivity (Wildman–Crippen MR) is 92.8 cm³/mol. The van der Waals surface area contributed by atoms with E-state index in [0.29, 0.717) is 5.13 Å². The second-order valence-electron chi connectivity index (χ2n) is 5.75. The normalized spacial score (nSPS) is 14.0. The molecule has 0 radical (unpaired) electrons. The summed E-state index contributed by atoms with van der Waals surface area (Å²) < 4.78 is 5.78. The quantitative estimate of drug-likeness (QED) is 0.918. The Morgan fingerprint density at radius 2 is 2.27 bits per heavy atom. The van der Waals surface area contributed by atoms with Crippen molar-refractivity contribution in [2.45, 2.75) is 6.42 Å². The minimum Gasteiger partial charge on any atom is -0.490 e. The molecular formula is C16H22N4OS. The van der Waals surface area contributed by atoms with Crippen molar-refractivity contribution in [2.24, 2.45) is 0 Å². The van der Waals surface area contributed by atoms with Crippen molar-refractivity contribution in [3.8, 4) is 17.0 Å². The minimum atomic E-state index is 0.604. The molecule has 5 nitrogen and oxygen atoms in total. The van der Waals surface area contributed by atoms with Gasteiger partial charge in [0.15, 0.2) is 5.13 Å². The molecule has 0 unspecified atom stereocenters. The second kappa shape index (κ2) is 6.54. The van der Waals surface area contributed by atoms with Crippen molar-refractivity contribution < 1.29 is 4.74 Å². The van der Waals surface area contributed by atoms with Crippen LogP contribution in [0.5, 0.6) is 5.75 Å². The van der Waals surface area contributed by atoms with Crippen molar-refractivity contribution in [3.05, 3.63) is 23.6 Å². The summed E-state index contributed by atoms with van der Waals surface area (Å²) in [7, 11) is 4.22. The summed E-state index contributed by atoms with van der Waals surface area (Å²) in [4.78, 5) is 8.99. The van der Waals surface area contributed by atoms with Crippen LogP contribution in [0.3, 0.4) is 0 Å². The van der Waals surface area contributed by atoms with Crippen LogP contribution in [0, 0.1) is 0 Å². The number of benzene rings is 1. The lowest BCUT2D eigenvalue weighted by Crippen LogP contribution is -2.34. The van der Waals surface area contributed by atoms with E-state index in [2.05, 4.69) is 41.0 Å². The van der Waals surface area contributed by atoms with E-state index in [4.69, 9.17) is 10.5 Å². The van der Waals surface area contributed by atoms with E-state index in [1.165, 1.54) is 11.3 Å². The average molecular weight is 318 g/mol. The molecule has 1 aliphatic rings. The van der Waals surface area contributed by atoms with Gasteiger partial charge in [0, 0.05) is 17.5 Å². The molecule has 0 bridgehead atoms. The molecule has 2 heterocycles. The van der Waals surface area contributed by atoms with Crippen molar-refractivity contribution in [1.29, 1.82) is 0 Å². The molecule has 2 aromatic rings. The highest BCUT2D eigenvalue weighted by atomic mass is 32.1. The number of aromatic nitrogens is 1. The number of hydrogen-bond acceptors (Lipinski definition) is 6. The van der Waals surface area contributed by atoms with E-state index in [1.807, 2.05) is 11.4 Å². The molecule has 22 heavy (non-hydrogen) atoms. The highest BCUT2D eigenvalue weighted by Crippen LogP contribution is 2.36. The predicted octanol–water partition coefficient (Wildman–Crippen LogP) is 2.54. The van der Waals surface area contributed by atoms with Crippen LogP contribution in [0.25, 0.3) is 11.3 Å². The topological polar surface area (TPSA) is 54.6 Å². The Hall–Kier alpha value is -1.79. The van der Waals surface area contributed by atoms with Gasteiger partial charge in [0.25, 0.3) is 0 Å². The lowest BCUT2D eigenvalue weighted by atomic mass is 10.1. The molecular weight excluding hydrogens is 296 g/mol. The summed E-state index contributed by atoms with van der Waals surface area (Å²) in [5, 5.41) is 2.60. The Kier molecular flexibility index (Phi) is 4.49. The van der Waals surface area contributed by atoms with Crippen molar-refractivity contribution >= 4 is 22.2 Å². The van der Waals surface area contributed by atoms with Gasteiger partial charge < -0.3 is 20.3 Å². The van der Waals surface area contributed by atoms with Crippen LogP contribution >= 0.6 is 11.3 Å². The Morgan fingerprint density at radius 3 is 3.00 bits per heavy atom. The van der Waals surface area contributed by atoms with Gasteiger partial charge in [-0.2, -0.15) is 0 Å². The number of hydrogen-bond donors (Lipinski definition) is 1. The lowest BCUT2D eigenvalue weighted by molar-refractivity contribution is 0.305. The number of ether oxygens (including phenoxy) is 1. The smallest absolute Gasteiger partial charge is 0.180 e. The van der Waals surface area contributed by atoms with Crippen LogP contribution < -0.4 is 15.4 Å². The van der Waals surface area contributed by atoms with Gasteiger partial charge in [-0.15, -0.1) is 11.3 Å². The molecule has 0 saturated carbocycles. The van der Waals surface area contributed by atoms with Crippen molar-refractivity contribution in [3.63, 3.8) is 0 Å². The maximum Gasteiger partial charge on any atom is 0.180 e. The number of thiazole rings is 1. The van der Waals surface area contributed by atoms with Crippen LogP contribution in [0.4, 0.5) is 10.8 Å². The van der Waals surface area contributed by atoms with E-state index in [1.54, 1.807) is 0 Å². The van der Waals surface area contributed by atoms with E-state index in [-0.39, 0.29) is 0 Å². The average Bonchev–Trinajstić information content (AvgIpc) is 2.93. The fourth-order valence-corrected chi connectivity index (χ4v) is 3.23. The molecule has 6 heteroatoms. The fraction of sp³-hybridized carbons (Fsp3) is 0.438. The third-order valence-electron chi connectivity index (χ3n) is 3.77. The van der Waals surface area contributed by atoms with E-state index >= 15 is 0 Å². The molecule has 1 aromatic carbocycles. The highest BCUT2D eigenvalue weighted by molar-refractivity contribution is 7.13. The lowest BCUT2D eigenvalue weighted by Gasteiger charge is -2.32. The van der Waals surface area contributed by atoms with Gasteiger partial charge in [-0.1, -0.05) is 0 Å². The first-order chi connectivity index (χ1) is 10.6. The van der Waals surface area contributed by atoms with Crippen LogP contribution in [0.1, 0.15) is 6.42 Å². The summed E-state index contributed by atoms with van der Waals surface area (Å²) in [6.45, 7) is 3.81. The third-order valence-corrected chi connectivity index (χ3v) is 4.44. The molecule has 118 valence electrons. The van der Waals surface area contributed by atoms with Crippen LogP contribution in [-0.2, 0) is 0 Å². The standard InChI is InChI=1S/C16H22N4OS/c1-19(2)6-3-7-20-8-9-21-15-5-4-12(10-14(15)20)13-11-22-16(17)18-13/h4-5,10-11H,3,6-9H2,1-2H3,(H2,17,18). The molecule has 0 aliphatic carbocycles. The molecule has 0 spiro atoms. The minimum absolute atomic E-state index is 0.604. The van der Waals surface area contributed by atoms with Gasteiger partial charge in [0.2, 0.25) is 0 Å². The van der Waals surface area contributed by atoms with E-state index in [9.17, 15) is 0 Å². The molecule has 1 aromatic heterocycles. The van der Waals surface area contributed by atoms with E-state index < -0.39 is 0 Å². The SMILES string of the molecule is CN(C)CCCN1CCOc2ccc(-c3csc(N)n3)cc21. The molecule has 3 rings (SSSR count). The first kappa shape index (κ1) is 15.1. The van der Waals surface area contributed by atoms with Gasteiger partial charge in [-0.05, 0) is 45.3 Å². The van der Waals surface area contributed by atoms with Crippen molar-refractivity contribution in [2.75, 3.05) is 51.0 Å². The molecule has 1 aliphatic heterocycles. The first-order valence-corrected chi connectivity index (χ1v) is 8.39. The highest BCUT2D eigenvalue weighted by Gasteiger charge is 2.19. The number of fused-ring (bicyclic) bond motifs is 1. The van der Waals surface area contributed by atoms with Gasteiger partial charge in [0.1, 0.15) is 12.4 Å². The summed E-state index contributed by atoms with van der Waals surface area (Å²) in [5.74, 6) is 0.961. The number of anilines is 2. The maximum atomic E-state index is 5.78. The van der Waals surface area contributed by atoms with Gasteiger partial charge in [0.05, 0.1) is 17.9 Å². The molecule has 0 amide bonds. The Balaban J connectivity index is 1.81. The molecule has 0 atom stereocenters. The second-order valence-corrected chi connectivity index (χ2v) is 6.64. The summed E-state index contributed by atoms with van der Waals surface area (Å²) in [6, 6.07) is 6.26. The molecule has 2 N–H and O–H groups in total. The Labute approximate surface area is 135 Å². The van der Waals surface area contributed by atoms with E-state index in [0.717, 1.165) is 55.4 Å². The monoisotopic (exact) mass is 318 g/mol. The zero-order valence-electron chi connectivity index (χ0n) is 13.1. The summed E-state index contributed by atoms with van der Waals surface area (Å²) in [5.41, 5.74) is 8.93. The summed E-state index contributed by atoms with van der Waals surface area (Å²) in [6.07, 6.45) is 1.14. The number of rotatable bonds is 5. The number of nitrogen functional groups attached to an aromatic ring is 1. The van der Waals surface area contributed by atoms with Crippen LogP contribution in [0.2, 0.25) is 0 Å². The number of nitrogens with two attached hydrogens (primary N) is 1. The van der Waals surface area contributed by atoms with Crippen LogP contribution in [-0.4, -0.2) is 50.2 Å². The molecule has 0 fully saturated rings. The Bertz CT molecular complexity index is 641. The fourth-order valence-electron chi connectivity index (χ4n) is 2.66.